The minimum Gasteiger partial charge on any atom is -0.369 e. The third-order valence-corrected chi connectivity index (χ3v) is 5.82. The third kappa shape index (κ3) is 2.02. The second-order valence-electron chi connectivity index (χ2n) is 5.57. The Morgan fingerprint density at radius 3 is 2.79 bits per heavy atom. The Kier molecular flexibility index (Phi) is 3.21. The molecule has 1 saturated heterocycles. The van der Waals surface area contributed by atoms with Crippen LogP contribution in [0.1, 0.15) is 25.3 Å². The molecule has 2 atom stereocenters. The maximum atomic E-state index is 6.18. The molecule has 4 heteroatoms. The van der Waals surface area contributed by atoms with Crippen molar-refractivity contribution in [1.82, 2.24) is 0 Å². The van der Waals surface area contributed by atoms with Crippen LogP contribution in [-0.4, -0.2) is 29.0 Å². The van der Waals surface area contributed by atoms with Gasteiger partial charge in [-0.05, 0) is 37.7 Å². The van der Waals surface area contributed by atoms with E-state index in [0.717, 1.165) is 6.54 Å². The van der Waals surface area contributed by atoms with E-state index < -0.39 is 0 Å². The van der Waals surface area contributed by atoms with Crippen LogP contribution >= 0.6 is 11.8 Å². The smallest absolute Gasteiger partial charge is 0.196 e. The van der Waals surface area contributed by atoms with Gasteiger partial charge in [-0.15, -0.1) is 0 Å². The first kappa shape index (κ1) is 12.9. The summed E-state index contributed by atoms with van der Waals surface area (Å²) in [7, 11) is 0. The first-order valence-corrected chi connectivity index (χ1v) is 7.97. The summed E-state index contributed by atoms with van der Waals surface area (Å²) in [6, 6.07) is 8.62. The second-order valence-corrected chi connectivity index (χ2v) is 7.01. The largest absolute Gasteiger partial charge is 0.369 e. The molecule has 2 aliphatic heterocycles. The molecule has 1 aromatic rings. The number of hydrogen-bond donors (Lipinski definition) is 1. The SMILES string of the molecule is Cc1ccc(N2C(N)=NCC23CCCSC3C)cc1. The summed E-state index contributed by atoms with van der Waals surface area (Å²) in [5.41, 5.74) is 8.72. The second kappa shape index (κ2) is 4.75. The fourth-order valence-electron chi connectivity index (χ4n) is 3.17. The van der Waals surface area contributed by atoms with Gasteiger partial charge in [-0.25, -0.2) is 0 Å². The van der Waals surface area contributed by atoms with Gasteiger partial charge in [-0.3, -0.25) is 4.99 Å². The fourth-order valence-corrected chi connectivity index (χ4v) is 4.44. The molecule has 0 bridgehead atoms. The van der Waals surface area contributed by atoms with Crippen molar-refractivity contribution in [2.24, 2.45) is 10.7 Å². The Hall–Kier alpha value is -1.16. The standard InChI is InChI=1S/C15H21N3S/c1-11-4-6-13(7-5-11)18-14(16)17-10-15(18)8-3-9-19-12(15)2/h4-7,12H,3,8-10H2,1-2H3,(H2,16,17). The van der Waals surface area contributed by atoms with E-state index in [4.69, 9.17) is 5.73 Å². The van der Waals surface area contributed by atoms with E-state index in [1.807, 2.05) is 11.8 Å². The van der Waals surface area contributed by atoms with Gasteiger partial charge in [-0.2, -0.15) is 11.8 Å². The number of rotatable bonds is 1. The van der Waals surface area contributed by atoms with E-state index in [1.54, 1.807) is 0 Å². The number of nitrogens with two attached hydrogens (primary N) is 1. The molecule has 0 radical (unpaired) electrons. The highest BCUT2D eigenvalue weighted by Crippen LogP contribution is 2.43. The van der Waals surface area contributed by atoms with Crippen molar-refractivity contribution in [3.8, 4) is 0 Å². The molecule has 0 aromatic heterocycles. The highest BCUT2D eigenvalue weighted by Gasteiger charge is 2.48. The molecular formula is C15H21N3S. The monoisotopic (exact) mass is 275 g/mol. The maximum Gasteiger partial charge on any atom is 0.196 e. The highest BCUT2D eigenvalue weighted by molar-refractivity contribution is 8.00. The van der Waals surface area contributed by atoms with Crippen LogP contribution in [0.15, 0.2) is 29.3 Å². The average Bonchev–Trinajstić information content (AvgIpc) is 2.73. The van der Waals surface area contributed by atoms with Crippen molar-refractivity contribution in [2.45, 2.75) is 37.5 Å². The van der Waals surface area contributed by atoms with Crippen molar-refractivity contribution in [1.29, 1.82) is 0 Å². The predicted molar refractivity (Wildman–Crippen MR) is 84.0 cm³/mol. The quantitative estimate of drug-likeness (QED) is 0.857. The molecule has 2 N–H and O–H groups in total. The average molecular weight is 275 g/mol. The number of aliphatic imine (C=N–C) groups is 1. The van der Waals surface area contributed by atoms with Crippen LogP contribution in [-0.2, 0) is 0 Å². The van der Waals surface area contributed by atoms with Crippen LogP contribution in [0.2, 0.25) is 0 Å². The van der Waals surface area contributed by atoms with Gasteiger partial charge in [0.15, 0.2) is 5.96 Å². The zero-order valence-corrected chi connectivity index (χ0v) is 12.4. The van der Waals surface area contributed by atoms with E-state index in [1.165, 1.54) is 29.8 Å². The van der Waals surface area contributed by atoms with Crippen molar-refractivity contribution in [3.63, 3.8) is 0 Å². The van der Waals surface area contributed by atoms with E-state index >= 15 is 0 Å². The van der Waals surface area contributed by atoms with Gasteiger partial charge in [0.05, 0.1) is 12.1 Å². The molecule has 2 aliphatic rings. The summed E-state index contributed by atoms with van der Waals surface area (Å²) in [5.74, 6) is 1.93. The number of nitrogens with zero attached hydrogens (tertiary/aromatic N) is 2. The zero-order chi connectivity index (χ0) is 13.5. The highest BCUT2D eigenvalue weighted by atomic mass is 32.2. The van der Waals surface area contributed by atoms with E-state index in [0.29, 0.717) is 11.2 Å². The molecule has 2 heterocycles. The minimum atomic E-state index is 0.0856. The molecule has 3 nitrogen and oxygen atoms in total. The normalized spacial score (nSPS) is 30.7. The van der Waals surface area contributed by atoms with Gasteiger partial charge >= 0.3 is 0 Å². The number of guanidine groups is 1. The maximum absolute atomic E-state index is 6.18. The van der Waals surface area contributed by atoms with Crippen LogP contribution in [0, 0.1) is 6.92 Å². The van der Waals surface area contributed by atoms with Crippen molar-refractivity contribution in [2.75, 3.05) is 17.2 Å². The summed E-state index contributed by atoms with van der Waals surface area (Å²) in [6.45, 7) is 5.26. The van der Waals surface area contributed by atoms with Crippen LogP contribution in [0.4, 0.5) is 5.69 Å². The number of thioether (sulfide) groups is 1. The topological polar surface area (TPSA) is 41.6 Å². The molecular weight excluding hydrogens is 254 g/mol. The third-order valence-electron chi connectivity index (χ3n) is 4.36. The lowest BCUT2D eigenvalue weighted by Gasteiger charge is -2.46. The molecule has 0 amide bonds. The lowest BCUT2D eigenvalue weighted by molar-refractivity contribution is 0.404. The Morgan fingerprint density at radius 2 is 2.11 bits per heavy atom. The van der Waals surface area contributed by atoms with E-state index in [2.05, 4.69) is 48.0 Å². The lowest BCUT2D eigenvalue weighted by Crippen LogP contribution is -2.58. The fraction of sp³-hybridized carbons (Fsp3) is 0.533. The van der Waals surface area contributed by atoms with Crippen LogP contribution in [0.5, 0.6) is 0 Å². The Balaban J connectivity index is 2.00. The van der Waals surface area contributed by atoms with Gasteiger partial charge in [0, 0.05) is 10.9 Å². The molecule has 1 aromatic carbocycles. The Morgan fingerprint density at radius 1 is 1.37 bits per heavy atom. The van der Waals surface area contributed by atoms with Gasteiger partial charge in [0.25, 0.3) is 0 Å². The summed E-state index contributed by atoms with van der Waals surface area (Å²) in [6.07, 6.45) is 2.43. The van der Waals surface area contributed by atoms with Crippen LogP contribution in [0.3, 0.4) is 0 Å². The van der Waals surface area contributed by atoms with Crippen molar-refractivity contribution >= 4 is 23.4 Å². The van der Waals surface area contributed by atoms with Gasteiger partial charge < -0.3 is 10.6 Å². The van der Waals surface area contributed by atoms with E-state index in [9.17, 15) is 0 Å². The molecule has 3 rings (SSSR count). The Bertz CT molecular complexity index is 497. The first-order chi connectivity index (χ1) is 9.13. The molecule has 0 aliphatic carbocycles. The van der Waals surface area contributed by atoms with Gasteiger partial charge in [0.2, 0.25) is 0 Å². The number of aryl methyl sites for hydroxylation is 1. The molecule has 19 heavy (non-hydrogen) atoms. The first-order valence-electron chi connectivity index (χ1n) is 6.92. The number of anilines is 1. The van der Waals surface area contributed by atoms with Crippen LogP contribution in [0.25, 0.3) is 0 Å². The van der Waals surface area contributed by atoms with Crippen molar-refractivity contribution in [3.05, 3.63) is 29.8 Å². The van der Waals surface area contributed by atoms with Gasteiger partial charge in [-0.1, -0.05) is 24.6 Å². The van der Waals surface area contributed by atoms with Crippen molar-refractivity contribution < 1.29 is 0 Å². The Labute approximate surface area is 119 Å². The molecule has 102 valence electrons. The van der Waals surface area contributed by atoms with Gasteiger partial charge in [0.1, 0.15) is 0 Å². The number of benzene rings is 1. The summed E-state index contributed by atoms with van der Waals surface area (Å²) in [4.78, 5) is 6.83. The molecule has 1 fully saturated rings. The number of hydrogen-bond acceptors (Lipinski definition) is 4. The minimum absolute atomic E-state index is 0.0856. The summed E-state index contributed by atoms with van der Waals surface area (Å²) < 4.78 is 0. The summed E-state index contributed by atoms with van der Waals surface area (Å²) >= 11 is 2.05. The molecule has 0 saturated carbocycles. The lowest BCUT2D eigenvalue weighted by atomic mass is 9.88. The molecule has 2 unspecified atom stereocenters. The zero-order valence-electron chi connectivity index (χ0n) is 11.6. The predicted octanol–water partition coefficient (Wildman–Crippen LogP) is 2.78. The van der Waals surface area contributed by atoms with E-state index in [-0.39, 0.29) is 5.54 Å². The van der Waals surface area contributed by atoms with Crippen LogP contribution < -0.4 is 10.6 Å². The molecule has 1 spiro atoms. The summed E-state index contributed by atoms with van der Waals surface area (Å²) in [5, 5.41) is 0.562.